The molecule has 0 saturated carbocycles. The van der Waals surface area contributed by atoms with Gasteiger partial charge in [-0.2, -0.15) is 0 Å². The molecule has 0 atom stereocenters. The maximum Gasteiger partial charge on any atom is 0.120 e. The summed E-state index contributed by atoms with van der Waals surface area (Å²) in [6.07, 6.45) is 2.87. The lowest BCUT2D eigenvalue weighted by Gasteiger charge is -2.32. The topological polar surface area (TPSA) is 24.5 Å². The summed E-state index contributed by atoms with van der Waals surface area (Å²) < 4.78 is 5.78. The molecule has 0 aliphatic carbocycles. The van der Waals surface area contributed by atoms with Crippen LogP contribution in [0.25, 0.3) is 0 Å². The van der Waals surface area contributed by atoms with E-state index in [-0.39, 0.29) is 6.10 Å². The number of rotatable bonds is 7. The molecule has 21 heavy (non-hydrogen) atoms. The summed E-state index contributed by atoms with van der Waals surface area (Å²) >= 11 is 0. The highest BCUT2D eigenvalue weighted by Gasteiger charge is 2.18. The monoisotopic (exact) mass is 290 g/mol. The maximum atomic E-state index is 5.78. The zero-order chi connectivity index (χ0) is 15.1. The first-order valence-electron chi connectivity index (χ1n) is 8.36. The Morgan fingerprint density at radius 3 is 2.71 bits per heavy atom. The van der Waals surface area contributed by atoms with Crippen LogP contribution in [0.3, 0.4) is 0 Å². The molecule has 1 aromatic carbocycles. The molecule has 0 aromatic heterocycles. The van der Waals surface area contributed by atoms with Gasteiger partial charge < -0.3 is 10.1 Å². The van der Waals surface area contributed by atoms with Gasteiger partial charge in [-0.25, -0.2) is 0 Å². The molecular weight excluding hydrogens is 260 g/mol. The van der Waals surface area contributed by atoms with Crippen molar-refractivity contribution in [2.45, 2.75) is 46.3 Å². The van der Waals surface area contributed by atoms with Crippen molar-refractivity contribution in [1.82, 2.24) is 10.2 Å². The Balaban J connectivity index is 1.80. The van der Waals surface area contributed by atoms with E-state index in [1.165, 1.54) is 38.0 Å². The first-order valence-corrected chi connectivity index (χ1v) is 8.36. The molecule has 0 bridgehead atoms. The maximum absolute atomic E-state index is 5.78. The minimum atomic E-state index is 0.238. The van der Waals surface area contributed by atoms with Gasteiger partial charge in [-0.05, 0) is 76.5 Å². The van der Waals surface area contributed by atoms with E-state index >= 15 is 0 Å². The van der Waals surface area contributed by atoms with Crippen LogP contribution >= 0.6 is 0 Å². The van der Waals surface area contributed by atoms with Gasteiger partial charge in [0.05, 0.1) is 6.10 Å². The molecule has 1 heterocycles. The second kappa shape index (κ2) is 8.40. The molecule has 1 saturated heterocycles. The molecule has 3 nitrogen and oxygen atoms in total. The van der Waals surface area contributed by atoms with E-state index in [0.717, 1.165) is 24.8 Å². The number of nitrogens with zero attached hydrogens (tertiary/aromatic N) is 1. The van der Waals surface area contributed by atoms with Crippen molar-refractivity contribution in [3.8, 4) is 5.75 Å². The Morgan fingerprint density at radius 1 is 1.29 bits per heavy atom. The van der Waals surface area contributed by atoms with Crippen molar-refractivity contribution in [3.05, 3.63) is 29.8 Å². The van der Waals surface area contributed by atoms with Crippen LogP contribution in [0.5, 0.6) is 5.75 Å². The summed E-state index contributed by atoms with van der Waals surface area (Å²) in [6.45, 7) is 12.1. The Bertz CT molecular complexity index is 411. The van der Waals surface area contributed by atoms with Gasteiger partial charge in [0.1, 0.15) is 5.75 Å². The molecular formula is C18H30N2O. The van der Waals surface area contributed by atoms with Crippen molar-refractivity contribution < 1.29 is 4.74 Å². The van der Waals surface area contributed by atoms with Crippen molar-refractivity contribution in [3.63, 3.8) is 0 Å². The minimum Gasteiger partial charge on any atom is -0.491 e. The molecule has 1 N–H and O–H groups in total. The third kappa shape index (κ3) is 5.68. The van der Waals surface area contributed by atoms with Crippen molar-refractivity contribution >= 4 is 0 Å². The number of hydrogen-bond acceptors (Lipinski definition) is 3. The average Bonchev–Trinajstić information content (AvgIpc) is 2.46. The molecule has 0 spiro atoms. The minimum absolute atomic E-state index is 0.238. The molecule has 2 rings (SSSR count). The number of benzene rings is 1. The Labute approximate surface area is 129 Å². The van der Waals surface area contributed by atoms with Gasteiger partial charge >= 0.3 is 0 Å². The van der Waals surface area contributed by atoms with Crippen LogP contribution in [-0.4, -0.2) is 37.2 Å². The second-order valence-electron chi connectivity index (χ2n) is 6.34. The van der Waals surface area contributed by atoms with Gasteiger partial charge in [-0.3, -0.25) is 4.90 Å². The number of nitrogens with one attached hydrogen (secondary N) is 1. The lowest BCUT2D eigenvalue weighted by atomic mass is 9.96. The Morgan fingerprint density at radius 2 is 2.05 bits per heavy atom. The van der Waals surface area contributed by atoms with E-state index in [9.17, 15) is 0 Å². The summed E-state index contributed by atoms with van der Waals surface area (Å²) in [4.78, 5) is 2.57. The molecule has 0 amide bonds. The summed E-state index contributed by atoms with van der Waals surface area (Å²) in [6, 6.07) is 8.54. The average molecular weight is 290 g/mol. The first-order chi connectivity index (χ1) is 10.2. The molecule has 1 aliphatic heterocycles. The number of piperidine rings is 1. The fourth-order valence-electron chi connectivity index (χ4n) is 2.94. The van der Waals surface area contributed by atoms with Crippen LogP contribution in [0.15, 0.2) is 24.3 Å². The highest BCUT2D eigenvalue weighted by molar-refractivity contribution is 5.28. The largest absolute Gasteiger partial charge is 0.491 e. The van der Waals surface area contributed by atoms with Crippen LogP contribution in [0.2, 0.25) is 0 Å². The summed E-state index contributed by atoms with van der Waals surface area (Å²) in [5, 5.41) is 3.47. The Kier molecular flexibility index (Phi) is 6.52. The van der Waals surface area contributed by atoms with Crippen LogP contribution in [0.1, 0.15) is 39.2 Å². The summed E-state index contributed by atoms with van der Waals surface area (Å²) in [5.74, 6) is 1.85. The standard InChI is InChI=1S/C18H30N2O/c1-4-19-13-16-8-10-20(11-9-16)14-17-6-5-7-18(12-17)21-15(2)3/h5-7,12,15-16,19H,4,8-11,13-14H2,1-3H3. The third-order valence-electron chi connectivity index (χ3n) is 4.07. The lowest BCUT2D eigenvalue weighted by Crippen LogP contribution is -2.36. The van der Waals surface area contributed by atoms with Gasteiger partial charge in [-0.15, -0.1) is 0 Å². The Hall–Kier alpha value is -1.06. The smallest absolute Gasteiger partial charge is 0.120 e. The predicted molar refractivity (Wildman–Crippen MR) is 88.8 cm³/mol. The summed E-state index contributed by atoms with van der Waals surface area (Å²) in [7, 11) is 0. The van der Waals surface area contributed by atoms with Crippen molar-refractivity contribution in [1.29, 1.82) is 0 Å². The predicted octanol–water partition coefficient (Wildman–Crippen LogP) is 3.30. The molecule has 0 radical (unpaired) electrons. The number of ether oxygens (including phenoxy) is 1. The van der Waals surface area contributed by atoms with Gasteiger partial charge in [0, 0.05) is 6.54 Å². The highest BCUT2D eigenvalue weighted by Crippen LogP contribution is 2.20. The number of likely N-dealkylation sites (tertiary alicyclic amines) is 1. The molecule has 1 aromatic rings. The fraction of sp³-hybridized carbons (Fsp3) is 0.667. The summed E-state index contributed by atoms with van der Waals surface area (Å²) in [5.41, 5.74) is 1.36. The lowest BCUT2D eigenvalue weighted by molar-refractivity contribution is 0.175. The van der Waals surface area contributed by atoms with Crippen molar-refractivity contribution in [2.75, 3.05) is 26.2 Å². The zero-order valence-electron chi connectivity index (χ0n) is 13.8. The quantitative estimate of drug-likeness (QED) is 0.834. The van der Waals surface area contributed by atoms with Crippen LogP contribution in [0, 0.1) is 5.92 Å². The zero-order valence-corrected chi connectivity index (χ0v) is 13.8. The van der Waals surface area contributed by atoms with E-state index in [0.29, 0.717) is 0 Å². The SMILES string of the molecule is CCNCC1CCN(Cc2cccc(OC(C)C)c2)CC1. The van der Waals surface area contributed by atoms with Crippen LogP contribution < -0.4 is 10.1 Å². The van der Waals surface area contributed by atoms with E-state index in [1.807, 2.05) is 6.07 Å². The molecule has 118 valence electrons. The third-order valence-corrected chi connectivity index (χ3v) is 4.07. The van der Waals surface area contributed by atoms with E-state index in [2.05, 4.69) is 49.2 Å². The van der Waals surface area contributed by atoms with Gasteiger partial charge in [0.15, 0.2) is 0 Å². The molecule has 0 unspecified atom stereocenters. The molecule has 1 aliphatic rings. The van der Waals surface area contributed by atoms with E-state index < -0.39 is 0 Å². The normalized spacial score (nSPS) is 17.3. The van der Waals surface area contributed by atoms with Gasteiger partial charge in [0.25, 0.3) is 0 Å². The fourth-order valence-corrected chi connectivity index (χ4v) is 2.94. The van der Waals surface area contributed by atoms with E-state index in [1.54, 1.807) is 0 Å². The van der Waals surface area contributed by atoms with Gasteiger partial charge in [-0.1, -0.05) is 19.1 Å². The number of hydrogen-bond donors (Lipinski definition) is 1. The van der Waals surface area contributed by atoms with E-state index in [4.69, 9.17) is 4.74 Å². The van der Waals surface area contributed by atoms with Gasteiger partial charge in [0.2, 0.25) is 0 Å². The highest BCUT2D eigenvalue weighted by atomic mass is 16.5. The molecule has 3 heteroatoms. The van der Waals surface area contributed by atoms with Crippen molar-refractivity contribution in [2.24, 2.45) is 5.92 Å². The van der Waals surface area contributed by atoms with Crippen LogP contribution in [0.4, 0.5) is 0 Å². The van der Waals surface area contributed by atoms with Crippen LogP contribution in [-0.2, 0) is 6.54 Å². The second-order valence-corrected chi connectivity index (χ2v) is 6.34. The molecule has 1 fully saturated rings. The first kappa shape index (κ1) is 16.3.